The first-order chi connectivity index (χ1) is 13.1. The molecule has 0 unspecified atom stereocenters. The number of imidazole rings is 1. The van der Waals surface area contributed by atoms with E-state index in [0.717, 1.165) is 37.9 Å². The number of fused-ring (bicyclic) bond motifs is 3. The van der Waals surface area contributed by atoms with Crippen LogP contribution in [0.25, 0.3) is 26.4 Å². The van der Waals surface area contributed by atoms with Crippen LogP contribution in [0.15, 0.2) is 36.5 Å². The van der Waals surface area contributed by atoms with E-state index in [9.17, 15) is 4.79 Å². The Morgan fingerprint density at radius 3 is 2.96 bits per heavy atom. The highest BCUT2D eigenvalue weighted by Crippen LogP contribution is 2.35. The van der Waals surface area contributed by atoms with Crippen LogP contribution in [0.2, 0.25) is 0 Å². The van der Waals surface area contributed by atoms with Gasteiger partial charge in [-0.15, -0.1) is 11.3 Å². The van der Waals surface area contributed by atoms with E-state index >= 15 is 0 Å². The molecule has 0 aliphatic rings. The number of aliphatic hydroxyl groups excluding tert-OH is 1. The van der Waals surface area contributed by atoms with Gasteiger partial charge in [0.25, 0.3) is 5.91 Å². The third kappa shape index (κ3) is 3.02. The number of nitrogens with zero attached hydrogens (tertiary/aromatic N) is 3. The van der Waals surface area contributed by atoms with Gasteiger partial charge in [-0.1, -0.05) is 12.1 Å². The molecule has 0 atom stereocenters. The fraction of sp³-hybridized carbons (Fsp3) is 0.211. The fourth-order valence-corrected chi connectivity index (χ4v) is 4.19. The minimum Gasteiger partial charge on any atom is -0.395 e. The molecule has 4 aromatic rings. The van der Waals surface area contributed by atoms with Gasteiger partial charge in [-0.3, -0.25) is 9.20 Å². The number of carbonyl (C=O) groups excluding carboxylic acids is 1. The zero-order valence-corrected chi connectivity index (χ0v) is 15.8. The number of aliphatic hydroxyl groups is 1. The Morgan fingerprint density at radius 1 is 1.33 bits per heavy atom. The van der Waals surface area contributed by atoms with Crippen molar-refractivity contribution in [3.63, 3.8) is 0 Å². The van der Waals surface area contributed by atoms with Gasteiger partial charge in [-0.05, 0) is 30.7 Å². The molecule has 0 radical (unpaired) electrons. The summed E-state index contributed by atoms with van der Waals surface area (Å²) in [5.74, 6) is 0.535. The molecule has 0 fully saturated rings. The lowest BCUT2D eigenvalue weighted by Gasteiger charge is -2.05. The van der Waals surface area contributed by atoms with Crippen LogP contribution < -0.4 is 10.6 Å². The molecule has 27 heavy (non-hydrogen) atoms. The summed E-state index contributed by atoms with van der Waals surface area (Å²) < 4.78 is 2.10. The Labute approximate surface area is 159 Å². The van der Waals surface area contributed by atoms with E-state index in [2.05, 4.69) is 25.0 Å². The molecular weight excluding hydrogens is 362 g/mol. The highest BCUT2D eigenvalue weighted by atomic mass is 32.1. The van der Waals surface area contributed by atoms with Gasteiger partial charge in [0, 0.05) is 35.9 Å². The standard InChI is InChI=1S/C19H19N5O2S/c1-11-10-22-17-16(20-2)23-14-9-15(27-19(14)24(11)17)12-4-3-5-13(8-12)18(26)21-6-7-25/h3-5,8-10,25H,6-7H2,1-2H3,(H,20,23)(H,21,26). The van der Waals surface area contributed by atoms with Crippen molar-refractivity contribution >= 4 is 39.1 Å². The van der Waals surface area contributed by atoms with Gasteiger partial charge in [0.15, 0.2) is 11.5 Å². The van der Waals surface area contributed by atoms with Gasteiger partial charge < -0.3 is 15.7 Å². The van der Waals surface area contributed by atoms with Crippen LogP contribution in [0.4, 0.5) is 5.82 Å². The Balaban J connectivity index is 1.82. The maximum Gasteiger partial charge on any atom is 0.251 e. The predicted molar refractivity (Wildman–Crippen MR) is 108 cm³/mol. The van der Waals surface area contributed by atoms with E-state index < -0.39 is 0 Å². The maximum absolute atomic E-state index is 12.2. The van der Waals surface area contributed by atoms with Gasteiger partial charge >= 0.3 is 0 Å². The molecule has 138 valence electrons. The minimum absolute atomic E-state index is 0.0819. The number of amides is 1. The summed E-state index contributed by atoms with van der Waals surface area (Å²) in [6, 6.07) is 9.49. The van der Waals surface area contributed by atoms with E-state index in [1.165, 1.54) is 0 Å². The number of thiophene rings is 1. The molecule has 4 rings (SSSR count). The number of hydrogen-bond donors (Lipinski definition) is 3. The molecule has 0 aliphatic heterocycles. The predicted octanol–water partition coefficient (Wildman–Crippen LogP) is 2.68. The summed E-state index contributed by atoms with van der Waals surface area (Å²) in [4.78, 5) is 23.4. The SMILES string of the molecule is CNc1nc2cc(-c3cccc(C(=O)NCCO)c3)sc2n2c(C)cnc12. The lowest BCUT2D eigenvalue weighted by molar-refractivity contribution is 0.0945. The van der Waals surface area contributed by atoms with Gasteiger partial charge in [0.2, 0.25) is 0 Å². The number of carbonyl (C=O) groups is 1. The number of nitrogens with one attached hydrogen (secondary N) is 2. The van der Waals surface area contributed by atoms with Crippen molar-refractivity contribution in [1.82, 2.24) is 19.7 Å². The van der Waals surface area contributed by atoms with Crippen molar-refractivity contribution in [1.29, 1.82) is 0 Å². The van der Waals surface area contributed by atoms with Gasteiger partial charge in [-0.25, -0.2) is 9.97 Å². The fourth-order valence-electron chi connectivity index (χ4n) is 3.04. The van der Waals surface area contributed by atoms with Crippen LogP contribution in [0.5, 0.6) is 0 Å². The summed E-state index contributed by atoms with van der Waals surface area (Å²) in [6.07, 6.45) is 1.84. The third-order valence-electron chi connectivity index (χ3n) is 4.32. The van der Waals surface area contributed by atoms with E-state index in [1.807, 2.05) is 44.4 Å². The molecular formula is C19H19N5O2S. The molecule has 0 saturated heterocycles. The van der Waals surface area contributed by atoms with Crippen molar-refractivity contribution in [3.8, 4) is 10.4 Å². The molecule has 0 bridgehead atoms. The number of aromatic nitrogens is 3. The van der Waals surface area contributed by atoms with Crippen LogP contribution in [0.3, 0.4) is 0 Å². The largest absolute Gasteiger partial charge is 0.395 e. The van der Waals surface area contributed by atoms with Crippen LogP contribution in [0.1, 0.15) is 16.1 Å². The zero-order valence-electron chi connectivity index (χ0n) is 15.0. The molecule has 3 aromatic heterocycles. The summed E-state index contributed by atoms with van der Waals surface area (Å²) in [7, 11) is 1.83. The van der Waals surface area contributed by atoms with E-state index in [4.69, 9.17) is 5.11 Å². The second-order valence-electron chi connectivity index (χ2n) is 6.13. The summed E-state index contributed by atoms with van der Waals surface area (Å²) in [6.45, 7) is 2.17. The Bertz CT molecular complexity index is 1150. The Kier molecular flexibility index (Phi) is 4.51. The first-order valence-corrected chi connectivity index (χ1v) is 9.39. The van der Waals surface area contributed by atoms with Gasteiger partial charge in [-0.2, -0.15) is 0 Å². The first kappa shape index (κ1) is 17.4. The van der Waals surface area contributed by atoms with Crippen LogP contribution >= 0.6 is 11.3 Å². The van der Waals surface area contributed by atoms with Crippen molar-refractivity contribution < 1.29 is 9.90 Å². The van der Waals surface area contributed by atoms with Gasteiger partial charge in [0.1, 0.15) is 10.3 Å². The number of anilines is 1. The molecule has 8 heteroatoms. The number of benzene rings is 1. The molecule has 1 amide bonds. The second kappa shape index (κ2) is 6.98. The highest BCUT2D eigenvalue weighted by Gasteiger charge is 2.15. The molecule has 0 saturated carbocycles. The van der Waals surface area contributed by atoms with Gasteiger partial charge in [0.05, 0.1) is 6.61 Å². The number of aryl methyl sites for hydroxylation is 1. The third-order valence-corrected chi connectivity index (χ3v) is 5.48. The normalized spacial score (nSPS) is 11.2. The molecule has 3 heterocycles. The smallest absolute Gasteiger partial charge is 0.251 e. The topological polar surface area (TPSA) is 91.5 Å². The Hall–Kier alpha value is -2.97. The summed E-state index contributed by atoms with van der Waals surface area (Å²) >= 11 is 1.62. The van der Waals surface area contributed by atoms with Crippen molar-refractivity contribution in [2.45, 2.75) is 6.92 Å². The maximum atomic E-state index is 12.2. The van der Waals surface area contributed by atoms with Crippen molar-refractivity contribution in [2.75, 3.05) is 25.5 Å². The first-order valence-electron chi connectivity index (χ1n) is 8.57. The molecule has 7 nitrogen and oxygen atoms in total. The lowest BCUT2D eigenvalue weighted by atomic mass is 10.1. The number of hydrogen-bond acceptors (Lipinski definition) is 6. The van der Waals surface area contributed by atoms with Crippen molar-refractivity contribution in [2.24, 2.45) is 0 Å². The average Bonchev–Trinajstić information content (AvgIpc) is 3.29. The Morgan fingerprint density at radius 2 is 2.19 bits per heavy atom. The van der Waals surface area contributed by atoms with Crippen LogP contribution in [0, 0.1) is 6.92 Å². The average molecular weight is 381 g/mol. The molecule has 1 aromatic carbocycles. The quantitative estimate of drug-likeness (QED) is 0.494. The second-order valence-corrected chi connectivity index (χ2v) is 7.16. The summed E-state index contributed by atoms with van der Waals surface area (Å²) in [5, 5.41) is 14.7. The van der Waals surface area contributed by atoms with E-state index in [0.29, 0.717) is 5.56 Å². The summed E-state index contributed by atoms with van der Waals surface area (Å²) in [5.41, 5.74) is 4.23. The monoisotopic (exact) mass is 381 g/mol. The zero-order chi connectivity index (χ0) is 19.0. The molecule has 3 N–H and O–H groups in total. The highest BCUT2D eigenvalue weighted by molar-refractivity contribution is 7.21. The molecule has 0 aliphatic carbocycles. The van der Waals surface area contributed by atoms with Crippen LogP contribution in [-0.2, 0) is 0 Å². The van der Waals surface area contributed by atoms with E-state index in [1.54, 1.807) is 17.4 Å². The molecule has 0 spiro atoms. The van der Waals surface area contributed by atoms with Crippen LogP contribution in [-0.4, -0.2) is 45.6 Å². The van der Waals surface area contributed by atoms with Crippen molar-refractivity contribution in [3.05, 3.63) is 47.8 Å². The number of rotatable bonds is 5. The van der Waals surface area contributed by atoms with E-state index in [-0.39, 0.29) is 19.1 Å². The lowest BCUT2D eigenvalue weighted by Crippen LogP contribution is -2.26. The minimum atomic E-state index is -0.199.